The van der Waals surface area contributed by atoms with Gasteiger partial charge in [0, 0.05) is 5.69 Å². The first kappa shape index (κ1) is 22.2. The first-order chi connectivity index (χ1) is 16.7. The van der Waals surface area contributed by atoms with Crippen molar-refractivity contribution < 1.29 is 0 Å². The quantitative estimate of drug-likeness (QED) is 0.211. The van der Waals surface area contributed by atoms with Crippen molar-refractivity contribution in [3.8, 4) is 0 Å². The fourth-order valence-electron chi connectivity index (χ4n) is 4.32. The minimum Gasteiger partial charge on any atom is -0.756 e. The van der Waals surface area contributed by atoms with E-state index in [1.54, 1.807) is 6.33 Å². The molecule has 3 nitrogen and oxygen atoms in total. The molecule has 0 unspecified atom stereocenters. The Morgan fingerprint density at radius 3 is 1.56 bits per heavy atom. The topological polar surface area (TPSA) is 37.8 Å². The van der Waals surface area contributed by atoms with Crippen LogP contribution in [0, 0.1) is 6.92 Å². The second kappa shape index (κ2) is 9.72. The zero-order valence-electron chi connectivity index (χ0n) is 18.8. The SMILES string of the molecule is Cc1ccc(Nc2ncnc([S-])c2[P+](c2ccccc2)(c2ccccc2)c2ccccc2)cc1. The lowest BCUT2D eigenvalue weighted by Gasteiger charge is -2.31. The summed E-state index contributed by atoms with van der Waals surface area (Å²) in [7, 11) is -2.42. The Balaban J connectivity index is 1.86. The van der Waals surface area contributed by atoms with Crippen LogP contribution in [0.15, 0.2) is 127 Å². The summed E-state index contributed by atoms with van der Waals surface area (Å²) in [6.07, 6.45) is 1.55. The van der Waals surface area contributed by atoms with Crippen molar-refractivity contribution >= 4 is 52.6 Å². The lowest BCUT2D eigenvalue weighted by molar-refractivity contribution is 1.08. The molecule has 0 saturated heterocycles. The van der Waals surface area contributed by atoms with Crippen molar-refractivity contribution in [2.75, 3.05) is 5.32 Å². The average molecular weight is 478 g/mol. The Kier molecular flexibility index (Phi) is 6.35. The molecule has 0 aliphatic heterocycles. The van der Waals surface area contributed by atoms with E-state index in [-0.39, 0.29) is 0 Å². The number of nitrogens with one attached hydrogen (secondary N) is 1. The van der Waals surface area contributed by atoms with E-state index in [2.05, 4.69) is 132 Å². The molecule has 0 bridgehead atoms. The Morgan fingerprint density at radius 2 is 1.09 bits per heavy atom. The molecule has 0 amide bonds. The molecule has 34 heavy (non-hydrogen) atoms. The molecule has 0 aliphatic carbocycles. The third kappa shape index (κ3) is 4.07. The molecule has 5 rings (SSSR count). The summed E-state index contributed by atoms with van der Waals surface area (Å²) in [6, 6.07) is 40.2. The zero-order chi connectivity index (χ0) is 23.4. The maximum absolute atomic E-state index is 5.96. The third-order valence-corrected chi connectivity index (χ3v) is 10.6. The monoisotopic (exact) mass is 477 g/mol. The van der Waals surface area contributed by atoms with Gasteiger partial charge in [-0.1, -0.05) is 72.3 Å². The van der Waals surface area contributed by atoms with Crippen molar-refractivity contribution in [1.82, 2.24) is 9.97 Å². The van der Waals surface area contributed by atoms with Gasteiger partial charge in [0.25, 0.3) is 0 Å². The number of nitrogens with zero attached hydrogens (tertiary/aromatic N) is 2. The van der Waals surface area contributed by atoms with Gasteiger partial charge in [-0.15, -0.1) is 0 Å². The molecule has 0 spiro atoms. The van der Waals surface area contributed by atoms with E-state index < -0.39 is 7.26 Å². The maximum Gasteiger partial charge on any atom is 0.176 e. The first-order valence-electron chi connectivity index (χ1n) is 11.1. The Labute approximate surface area is 206 Å². The largest absolute Gasteiger partial charge is 0.756 e. The van der Waals surface area contributed by atoms with Crippen LogP contribution < -0.4 is 26.5 Å². The molecular weight excluding hydrogens is 453 g/mol. The molecule has 1 aromatic heterocycles. The first-order valence-corrected chi connectivity index (χ1v) is 13.3. The second-order valence-electron chi connectivity index (χ2n) is 8.04. The van der Waals surface area contributed by atoms with Crippen LogP contribution in [-0.2, 0) is 12.6 Å². The standard InChI is InChI=1S/C29H24N3PS/c1-22-17-19-23(20-18-22)32-28-27(29(34)31-21-30-28)33(24-11-5-2-6-12-24,25-13-7-3-8-14-25)26-15-9-4-10-16-26/h2-21H,1H3,(H-,30,31,32,34). The molecule has 5 heteroatoms. The fraction of sp³-hybridized carbons (Fsp3) is 0.0345. The number of hydrogen-bond donors (Lipinski definition) is 1. The van der Waals surface area contributed by atoms with Gasteiger partial charge in [-0.25, -0.2) is 4.98 Å². The summed E-state index contributed by atoms with van der Waals surface area (Å²) in [5, 5.41) is 8.72. The molecule has 0 atom stereocenters. The summed E-state index contributed by atoms with van der Waals surface area (Å²) in [5.41, 5.74) is 2.17. The molecule has 5 aromatic rings. The highest BCUT2D eigenvalue weighted by Crippen LogP contribution is 2.56. The highest BCUT2D eigenvalue weighted by Gasteiger charge is 2.50. The van der Waals surface area contributed by atoms with E-state index in [0.717, 1.165) is 16.8 Å². The molecule has 0 saturated carbocycles. The Hall–Kier alpha value is -3.59. The molecule has 1 N–H and O–H groups in total. The van der Waals surface area contributed by atoms with Crippen LogP contribution in [0.3, 0.4) is 0 Å². The van der Waals surface area contributed by atoms with E-state index in [4.69, 9.17) is 17.6 Å². The van der Waals surface area contributed by atoms with Crippen LogP contribution in [0.5, 0.6) is 0 Å². The smallest absolute Gasteiger partial charge is 0.176 e. The predicted molar refractivity (Wildman–Crippen MR) is 147 cm³/mol. The Bertz CT molecular complexity index is 1280. The van der Waals surface area contributed by atoms with Crippen LogP contribution in [-0.4, -0.2) is 9.97 Å². The summed E-state index contributed by atoms with van der Waals surface area (Å²) in [4.78, 5) is 9.27. The van der Waals surface area contributed by atoms with Gasteiger partial charge < -0.3 is 17.9 Å². The van der Waals surface area contributed by atoms with Gasteiger partial charge in [0.1, 0.15) is 29.5 Å². The van der Waals surface area contributed by atoms with Crippen molar-refractivity contribution in [2.24, 2.45) is 0 Å². The fourth-order valence-corrected chi connectivity index (χ4v) is 9.18. The molecule has 0 aliphatic rings. The van der Waals surface area contributed by atoms with Gasteiger partial charge in [0.05, 0.1) is 0 Å². The van der Waals surface area contributed by atoms with E-state index >= 15 is 0 Å². The number of rotatable bonds is 6. The van der Waals surface area contributed by atoms with Crippen molar-refractivity contribution in [1.29, 1.82) is 0 Å². The van der Waals surface area contributed by atoms with E-state index in [1.165, 1.54) is 21.5 Å². The highest BCUT2D eigenvalue weighted by atomic mass is 32.1. The Morgan fingerprint density at radius 1 is 0.618 bits per heavy atom. The number of hydrogen-bond acceptors (Lipinski definition) is 4. The van der Waals surface area contributed by atoms with Gasteiger partial charge in [-0.3, -0.25) is 4.98 Å². The molecule has 166 valence electrons. The third-order valence-electron chi connectivity index (χ3n) is 5.87. The van der Waals surface area contributed by atoms with Crippen molar-refractivity contribution in [3.05, 3.63) is 127 Å². The van der Waals surface area contributed by atoms with E-state index in [9.17, 15) is 0 Å². The van der Waals surface area contributed by atoms with E-state index in [1.807, 2.05) is 0 Å². The minimum absolute atomic E-state index is 0.564. The van der Waals surface area contributed by atoms with Crippen LogP contribution in [0.4, 0.5) is 11.5 Å². The van der Waals surface area contributed by atoms with Gasteiger partial charge in [-0.2, -0.15) is 0 Å². The highest BCUT2D eigenvalue weighted by molar-refractivity contribution is 8.02. The lowest BCUT2D eigenvalue weighted by atomic mass is 10.2. The summed E-state index contributed by atoms with van der Waals surface area (Å²) >= 11 is 5.96. The van der Waals surface area contributed by atoms with Gasteiger partial charge in [-0.05, 0) is 60.5 Å². The summed E-state index contributed by atoms with van der Waals surface area (Å²) < 4.78 is 0. The van der Waals surface area contributed by atoms with Crippen LogP contribution in [0.1, 0.15) is 5.56 Å². The summed E-state index contributed by atoms with van der Waals surface area (Å²) in [5.74, 6) is 0.744. The molecule has 0 radical (unpaired) electrons. The summed E-state index contributed by atoms with van der Waals surface area (Å²) in [6.45, 7) is 2.08. The van der Waals surface area contributed by atoms with Gasteiger partial charge in [0.15, 0.2) is 11.1 Å². The van der Waals surface area contributed by atoms with Crippen molar-refractivity contribution in [3.63, 3.8) is 0 Å². The number of aryl methyl sites for hydroxylation is 1. The number of anilines is 2. The minimum atomic E-state index is -2.42. The molecule has 4 aromatic carbocycles. The molecule has 1 heterocycles. The van der Waals surface area contributed by atoms with Gasteiger partial charge in [0.2, 0.25) is 0 Å². The van der Waals surface area contributed by atoms with Gasteiger partial charge >= 0.3 is 0 Å². The normalized spacial score (nSPS) is 11.2. The zero-order valence-corrected chi connectivity index (χ0v) is 20.5. The molecule has 0 fully saturated rings. The molecular formula is C29H24N3PS. The van der Waals surface area contributed by atoms with Crippen LogP contribution >= 0.6 is 7.26 Å². The second-order valence-corrected chi connectivity index (χ2v) is 11.8. The maximum atomic E-state index is 5.96. The number of benzene rings is 4. The van der Waals surface area contributed by atoms with Crippen molar-refractivity contribution in [2.45, 2.75) is 11.9 Å². The van der Waals surface area contributed by atoms with E-state index in [0.29, 0.717) is 5.03 Å². The van der Waals surface area contributed by atoms with Crippen LogP contribution in [0.25, 0.3) is 0 Å². The number of aromatic nitrogens is 2. The average Bonchev–Trinajstić information content (AvgIpc) is 2.89. The predicted octanol–water partition coefficient (Wildman–Crippen LogP) is 5.05. The van der Waals surface area contributed by atoms with Crippen LogP contribution in [0.2, 0.25) is 0 Å². The lowest BCUT2D eigenvalue weighted by Crippen LogP contribution is -2.41.